The summed E-state index contributed by atoms with van der Waals surface area (Å²) in [7, 11) is 2.06. The highest BCUT2D eigenvalue weighted by Gasteiger charge is 2.26. The summed E-state index contributed by atoms with van der Waals surface area (Å²) >= 11 is 0. The van der Waals surface area contributed by atoms with Crippen molar-refractivity contribution in [3.8, 4) is 5.75 Å². The van der Waals surface area contributed by atoms with Crippen molar-refractivity contribution in [2.24, 2.45) is 0 Å². The molecule has 0 atom stereocenters. The van der Waals surface area contributed by atoms with Gasteiger partial charge in [0.05, 0.1) is 5.69 Å². The van der Waals surface area contributed by atoms with E-state index in [1.807, 2.05) is 18.2 Å². The van der Waals surface area contributed by atoms with Crippen LogP contribution in [0.2, 0.25) is 0 Å². The van der Waals surface area contributed by atoms with E-state index in [9.17, 15) is 0 Å². The number of hydrogen-bond donors (Lipinski definition) is 0. The van der Waals surface area contributed by atoms with Gasteiger partial charge in [-0.15, -0.1) is 0 Å². The molecule has 0 spiro atoms. The van der Waals surface area contributed by atoms with Crippen LogP contribution in [0.15, 0.2) is 66.5 Å². The van der Waals surface area contributed by atoms with E-state index in [0.717, 1.165) is 22.9 Å². The summed E-state index contributed by atoms with van der Waals surface area (Å²) in [6, 6.07) is 20.8. The van der Waals surface area contributed by atoms with Crippen molar-refractivity contribution in [1.82, 2.24) is 0 Å². The molecule has 0 saturated carbocycles. The molecule has 22 heavy (non-hydrogen) atoms. The van der Waals surface area contributed by atoms with Crippen LogP contribution in [0.5, 0.6) is 5.75 Å². The van der Waals surface area contributed by atoms with Gasteiger partial charge in [0.1, 0.15) is 0 Å². The van der Waals surface area contributed by atoms with Crippen LogP contribution in [0.4, 0.5) is 5.69 Å². The molecule has 1 aliphatic rings. The minimum Gasteiger partial charge on any atom is -0.439 e. The maximum absolute atomic E-state index is 6.10. The van der Waals surface area contributed by atoms with Gasteiger partial charge < -0.3 is 9.64 Å². The third-order valence-corrected chi connectivity index (χ3v) is 4.21. The van der Waals surface area contributed by atoms with Crippen LogP contribution in [0.1, 0.15) is 11.1 Å². The van der Waals surface area contributed by atoms with Gasteiger partial charge in [-0.25, -0.2) is 0 Å². The van der Waals surface area contributed by atoms with Crippen molar-refractivity contribution >= 4 is 22.5 Å². The van der Waals surface area contributed by atoms with Gasteiger partial charge in [-0.2, -0.15) is 0 Å². The van der Waals surface area contributed by atoms with E-state index in [1.54, 1.807) is 0 Å². The van der Waals surface area contributed by atoms with Crippen LogP contribution in [0, 0.1) is 6.92 Å². The highest BCUT2D eigenvalue weighted by molar-refractivity contribution is 5.94. The number of benzene rings is 3. The third kappa shape index (κ3) is 1.96. The Balaban J connectivity index is 1.85. The average molecular weight is 287 g/mol. The molecule has 1 aliphatic heterocycles. The number of ether oxygens (including phenoxy) is 1. The molecule has 0 unspecified atom stereocenters. The average Bonchev–Trinajstić information content (AvgIpc) is 2.85. The second-order valence-electron chi connectivity index (χ2n) is 5.62. The van der Waals surface area contributed by atoms with Crippen LogP contribution >= 0.6 is 0 Å². The summed E-state index contributed by atoms with van der Waals surface area (Å²) in [5, 5.41) is 2.49. The lowest BCUT2D eigenvalue weighted by molar-refractivity contribution is 0.449. The first-order chi connectivity index (χ1) is 10.7. The molecule has 0 aliphatic carbocycles. The van der Waals surface area contributed by atoms with E-state index in [2.05, 4.69) is 67.4 Å². The van der Waals surface area contributed by atoms with Crippen molar-refractivity contribution in [1.29, 1.82) is 0 Å². The first-order valence-electron chi connectivity index (χ1n) is 7.45. The Kier molecular flexibility index (Phi) is 2.90. The van der Waals surface area contributed by atoms with Crippen molar-refractivity contribution in [2.75, 3.05) is 11.9 Å². The minimum atomic E-state index is 0.861. The monoisotopic (exact) mass is 287 g/mol. The lowest BCUT2D eigenvalue weighted by atomic mass is 10.0. The number of aryl methyl sites for hydroxylation is 1. The zero-order valence-electron chi connectivity index (χ0n) is 12.7. The predicted molar refractivity (Wildman–Crippen MR) is 92.1 cm³/mol. The van der Waals surface area contributed by atoms with E-state index in [1.165, 1.54) is 16.3 Å². The predicted octanol–water partition coefficient (Wildman–Crippen LogP) is 4.98. The molecule has 0 fully saturated rings. The molecule has 0 N–H and O–H groups in total. The molecule has 0 radical (unpaired) electrons. The molecule has 2 heteroatoms. The van der Waals surface area contributed by atoms with E-state index in [0.29, 0.717) is 0 Å². The van der Waals surface area contributed by atoms with E-state index in [-0.39, 0.29) is 0 Å². The molecule has 2 nitrogen and oxygen atoms in total. The molecule has 0 amide bonds. The van der Waals surface area contributed by atoms with Gasteiger partial charge in [-0.1, -0.05) is 54.6 Å². The SMILES string of the molecule is Cc1c2c(cc3ccccc13)OC(=Cc1ccccc1)N2C. The molecule has 0 saturated heterocycles. The van der Waals surface area contributed by atoms with Gasteiger partial charge >= 0.3 is 0 Å². The fourth-order valence-electron chi connectivity index (χ4n) is 3.09. The van der Waals surface area contributed by atoms with E-state index >= 15 is 0 Å². The van der Waals surface area contributed by atoms with Gasteiger partial charge in [0.15, 0.2) is 5.75 Å². The van der Waals surface area contributed by atoms with Crippen LogP contribution in [0.25, 0.3) is 16.8 Å². The molecule has 0 bridgehead atoms. The Morgan fingerprint density at radius 2 is 1.68 bits per heavy atom. The maximum atomic E-state index is 6.10. The lowest BCUT2D eigenvalue weighted by Gasteiger charge is -2.14. The number of fused-ring (bicyclic) bond motifs is 2. The summed E-state index contributed by atoms with van der Waals surface area (Å²) in [5.41, 5.74) is 3.55. The normalized spacial score (nSPS) is 15.2. The van der Waals surface area contributed by atoms with Gasteiger partial charge in [0.2, 0.25) is 5.88 Å². The number of hydrogen-bond acceptors (Lipinski definition) is 2. The number of nitrogens with zero attached hydrogens (tertiary/aromatic N) is 1. The quantitative estimate of drug-likeness (QED) is 0.626. The Labute approximate surface area is 130 Å². The smallest absolute Gasteiger partial charge is 0.200 e. The van der Waals surface area contributed by atoms with Crippen molar-refractivity contribution in [3.63, 3.8) is 0 Å². The molecule has 1 heterocycles. The third-order valence-electron chi connectivity index (χ3n) is 4.21. The maximum Gasteiger partial charge on any atom is 0.200 e. The summed E-state index contributed by atoms with van der Waals surface area (Å²) in [5.74, 6) is 1.79. The standard InChI is InChI=1S/C20H17NO/c1-14-17-11-7-6-10-16(17)13-18-20(14)21(2)19(22-18)12-15-8-4-3-5-9-15/h3-13H,1-2H3. The van der Waals surface area contributed by atoms with Gasteiger partial charge in [-0.3, -0.25) is 0 Å². The Morgan fingerprint density at radius 3 is 2.50 bits per heavy atom. The first-order valence-corrected chi connectivity index (χ1v) is 7.45. The Hall–Kier alpha value is -2.74. The number of rotatable bonds is 1. The van der Waals surface area contributed by atoms with Gasteiger partial charge in [0.25, 0.3) is 0 Å². The summed E-state index contributed by atoms with van der Waals surface area (Å²) < 4.78 is 6.10. The van der Waals surface area contributed by atoms with Crippen LogP contribution in [0.3, 0.4) is 0 Å². The summed E-state index contributed by atoms with van der Waals surface area (Å²) in [4.78, 5) is 2.13. The van der Waals surface area contributed by atoms with E-state index < -0.39 is 0 Å². The minimum absolute atomic E-state index is 0.861. The Bertz CT molecular complexity index is 881. The van der Waals surface area contributed by atoms with Crippen molar-refractivity contribution in [3.05, 3.63) is 77.7 Å². The summed E-state index contributed by atoms with van der Waals surface area (Å²) in [6.07, 6.45) is 2.07. The zero-order valence-corrected chi connectivity index (χ0v) is 12.7. The molecule has 0 aromatic heterocycles. The number of anilines is 1. The fourth-order valence-corrected chi connectivity index (χ4v) is 3.09. The lowest BCUT2D eigenvalue weighted by Crippen LogP contribution is -2.13. The fraction of sp³-hybridized carbons (Fsp3) is 0.100. The van der Waals surface area contributed by atoms with Gasteiger partial charge in [0, 0.05) is 13.1 Å². The molecule has 4 rings (SSSR count). The zero-order chi connectivity index (χ0) is 15.1. The topological polar surface area (TPSA) is 12.5 Å². The molecular weight excluding hydrogens is 270 g/mol. The summed E-state index contributed by atoms with van der Waals surface area (Å²) in [6.45, 7) is 2.16. The molecule has 108 valence electrons. The van der Waals surface area contributed by atoms with Crippen LogP contribution in [-0.4, -0.2) is 7.05 Å². The largest absolute Gasteiger partial charge is 0.439 e. The van der Waals surface area contributed by atoms with Crippen LogP contribution < -0.4 is 9.64 Å². The molecular formula is C20H17NO. The van der Waals surface area contributed by atoms with Gasteiger partial charge in [-0.05, 0) is 34.9 Å². The highest BCUT2D eigenvalue weighted by Crippen LogP contribution is 2.44. The van der Waals surface area contributed by atoms with Crippen LogP contribution in [-0.2, 0) is 0 Å². The Morgan fingerprint density at radius 1 is 0.955 bits per heavy atom. The highest BCUT2D eigenvalue weighted by atomic mass is 16.5. The second-order valence-corrected chi connectivity index (χ2v) is 5.62. The molecule has 3 aromatic rings. The first kappa shape index (κ1) is 13.0. The van der Waals surface area contributed by atoms with Crippen molar-refractivity contribution in [2.45, 2.75) is 6.92 Å². The van der Waals surface area contributed by atoms with E-state index in [4.69, 9.17) is 4.74 Å². The van der Waals surface area contributed by atoms with Crippen molar-refractivity contribution < 1.29 is 4.74 Å². The molecule has 3 aromatic carbocycles. The second kappa shape index (κ2) is 4.92.